The summed E-state index contributed by atoms with van der Waals surface area (Å²) in [6, 6.07) is 6.53. The summed E-state index contributed by atoms with van der Waals surface area (Å²) in [6.07, 6.45) is 6.35. The SMILES string of the molecule is Fc1cc2cc(C3=N[C@]4(CC5CCC4CC5)NN3)ccc2o1. The van der Waals surface area contributed by atoms with E-state index in [1.54, 1.807) is 6.07 Å². The fourth-order valence-corrected chi connectivity index (χ4v) is 4.46. The predicted molar refractivity (Wildman–Crippen MR) is 81.8 cm³/mol. The van der Waals surface area contributed by atoms with E-state index >= 15 is 0 Å². The number of fused-ring (bicyclic) bond motifs is 3. The van der Waals surface area contributed by atoms with Gasteiger partial charge in [-0.05, 0) is 62.1 Å². The van der Waals surface area contributed by atoms with E-state index in [1.807, 2.05) is 12.1 Å². The molecule has 2 heterocycles. The van der Waals surface area contributed by atoms with Gasteiger partial charge in [-0.15, -0.1) is 0 Å². The summed E-state index contributed by atoms with van der Waals surface area (Å²) in [5.74, 6) is 2.28. The summed E-state index contributed by atoms with van der Waals surface area (Å²) in [7, 11) is 0. The van der Waals surface area contributed by atoms with Crippen LogP contribution in [0.1, 0.15) is 37.7 Å². The average molecular weight is 299 g/mol. The first-order valence-corrected chi connectivity index (χ1v) is 8.04. The van der Waals surface area contributed by atoms with E-state index in [2.05, 4.69) is 10.9 Å². The summed E-state index contributed by atoms with van der Waals surface area (Å²) in [5.41, 5.74) is 8.13. The molecule has 1 aromatic heterocycles. The zero-order valence-corrected chi connectivity index (χ0v) is 12.2. The number of aliphatic imine (C=N–C) groups is 1. The van der Waals surface area contributed by atoms with Gasteiger partial charge in [-0.2, -0.15) is 4.39 Å². The highest BCUT2D eigenvalue weighted by Crippen LogP contribution is 2.48. The molecule has 5 heteroatoms. The Morgan fingerprint density at radius 1 is 1.18 bits per heavy atom. The number of hydrazine groups is 1. The number of rotatable bonds is 1. The van der Waals surface area contributed by atoms with Crippen LogP contribution in [0.5, 0.6) is 0 Å². The Morgan fingerprint density at radius 2 is 2.05 bits per heavy atom. The lowest BCUT2D eigenvalue weighted by atomic mass is 9.65. The van der Waals surface area contributed by atoms with Crippen molar-refractivity contribution in [3.8, 4) is 0 Å². The van der Waals surface area contributed by atoms with Crippen LogP contribution in [-0.4, -0.2) is 11.5 Å². The lowest BCUT2D eigenvalue weighted by molar-refractivity contribution is 0.0506. The van der Waals surface area contributed by atoms with Crippen molar-refractivity contribution in [1.29, 1.82) is 0 Å². The molecule has 4 aliphatic rings. The molecule has 0 radical (unpaired) electrons. The maximum Gasteiger partial charge on any atom is 0.278 e. The molecule has 3 saturated carbocycles. The average Bonchev–Trinajstić information content (AvgIpc) is 3.10. The predicted octanol–water partition coefficient (Wildman–Crippen LogP) is 3.33. The number of halogens is 1. The summed E-state index contributed by atoms with van der Waals surface area (Å²) in [5, 5.41) is 0.769. The fraction of sp³-hybridized carbons (Fsp3) is 0.471. The summed E-state index contributed by atoms with van der Waals surface area (Å²) >= 11 is 0. The molecular weight excluding hydrogens is 281 g/mol. The lowest BCUT2D eigenvalue weighted by Crippen LogP contribution is -2.56. The molecule has 3 fully saturated rings. The number of furan rings is 1. The first kappa shape index (κ1) is 12.6. The van der Waals surface area contributed by atoms with Gasteiger partial charge >= 0.3 is 0 Å². The Kier molecular flexibility index (Phi) is 2.48. The van der Waals surface area contributed by atoms with E-state index in [0.29, 0.717) is 11.5 Å². The Bertz CT molecular complexity index is 775. The van der Waals surface area contributed by atoms with Crippen molar-refractivity contribution >= 4 is 16.8 Å². The summed E-state index contributed by atoms with van der Waals surface area (Å²) in [6.45, 7) is 0. The second-order valence-corrected chi connectivity index (χ2v) is 6.86. The van der Waals surface area contributed by atoms with Crippen LogP contribution in [0.2, 0.25) is 0 Å². The van der Waals surface area contributed by atoms with Gasteiger partial charge in [0.05, 0.1) is 0 Å². The van der Waals surface area contributed by atoms with E-state index in [0.717, 1.165) is 29.1 Å². The van der Waals surface area contributed by atoms with Crippen LogP contribution in [0, 0.1) is 17.8 Å². The van der Waals surface area contributed by atoms with Crippen LogP contribution in [0.3, 0.4) is 0 Å². The van der Waals surface area contributed by atoms with Crippen molar-refractivity contribution in [2.24, 2.45) is 16.8 Å². The normalized spacial score (nSPS) is 33.4. The second-order valence-electron chi connectivity index (χ2n) is 6.86. The van der Waals surface area contributed by atoms with E-state index in [4.69, 9.17) is 9.41 Å². The van der Waals surface area contributed by atoms with Gasteiger partial charge in [0.25, 0.3) is 6.01 Å². The van der Waals surface area contributed by atoms with E-state index in [-0.39, 0.29) is 5.66 Å². The minimum Gasteiger partial charge on any atom is -0.431 e. The van der Waals surface area contributed by atoms with Crippen LogP contribution in [0.4, 0.5) is 4.39 Å². The maximum absolute atomic E-state index is 13.2. The fourth-order valence-electron chi connectivity index (χ4n) is 4.46. The molecule has 1 spiro atoms. The number of hydrogen-bond acceptors (Lipinski definition) is 4. The van der Waals surface area contributed by atoms with Crippen molar-refractivity contribution in [2.75, 3.05) is 0 Å². The first-order valence-electron chi connectivity index (χ1n) is 8.04. The largest absolute Gasteiger partial charge is 0.431 e. The molecule has 0 saturated heterocycles. The van der Waals surface area contributed by atoms with Crippen LogP contribution in [0.25, 0.3) is 11.0 Å². The summed E-state index contributed by atoms with van der Waals surface area (Å²) < 4.78 is 18.2. The zero-order chi connectivity index (χ0) is 14.7. The minimum absolute atomic E-state index is 0.132. The van der Waals surface area contributed by atoms with Gasteiger partial charge in [-0.25, -0.2) is 10.4 Å². The molecule has 114 valence electrons. The van der Waals surface area contributed by atoms with Crippen molar-refractivity contribution in [3.05, 3.63) is 35.8 Å². The van der Waals surface area contributed by atoms with Gasteiger partial charge in [-0.1, -0.05) is 0 Å². The van der Waals surface area contributed by atoms with Crippen molar-refractivity contribution in [2.45, 2.75) is 37.8 Å². The van der Waals surface area contributed by atoms with Gasteiger partial charge in [0.2, 0.25) is 0 Å². The molecule has 2 bridgehead atoms. The third kappa shape index (κ3) is 1.75. The molecule has 2 aromatic rings. The van der Waals surface area contributed by atoms with Crippen LogP contribution in [0.15, 0.2) is 33.7 Å². The van der Waals surface area contributed by atoms with E-state index in [9.17, 15) is 4.39 Å². The molecule has 6 rings (SSSR count). The quantitative estimate of drug-likeness (QED) is 0.849. The minimum atomic E-state index is -0.548. The van der Waals surface area contributed by atoms with Crippen LogP contribution in [-0.2, 0) is 0 Å². The van der Waals surface area contributed by atoms with Gasteiger partial charge in [0.1, 0.15) is 17.1 Å². The number of benzene rings is 1. The smallest absolute Gasteiger partial charge is 0.278 e. The number of nitrogens with zero attached hydrogens (tertiary/aromatic N) is 1. The van der Waals surface area contributed by atoms with Gasteiger partial charge in [0, 0.05) is 17.0 Å². The molecule has 4 nitrogen and oxygen atoms in total. The second kappa shape index (κ2) is 4.32. The molecule has 1 aromatic carbocycles. The standard InChI is InChI=1S/C17H18FN3O/c18-15-8-12-7-11(3-6-14(12)22-15)16-19-17(21-20-16)9-10-1-4-13(17)5-2-10/h3,6-8,10,13,21H,1-2,4-5,9H2,(H,19,20)/t10?,13?,17-/m1/s1. The molecular formula is C17H18FN3O. The molecule has 0 unspecified atom stereocenters. The Morgan fingerprint density at radius 3 is 2.82 bits per heavy atom. The van der Waals surface area contributed by atoms with Gasteiger partial charge in [0.15, 0.2) is 0 Å². The third-order valence-corrected chi connectivity index (χ3v) is 5.59. The highest BCUT2D eigenvalue weighted by Gasteiger charge is 2.49. The maximum atomic E-state index is 13.2. The number of hydrogen-bond donors (Lipinski definition) is 2. The molecule has 3 aliphatic carbocycles. The number of nitrogens with one attached hydrogen (secondary N) is 2. The number of amidine groups is 1. The third-order valence-electron chi connectivity index (χ3n) is 5.59. The summed E-state index contributed by atoms with van der Waals surface area (Å²) in [4.78, 5) is 5.02. The Hall–Kier alpha value is -1.88. The molecule has 1 atom stereocenters. The van der Waals surface area contributed by atoms with Crippen LogP contribution >= 0.6 is 0 Å². The van der Waals surface area contributed by atoms with Crippen LogP contribution < -0.4 is 10.9 Å². The van der Waals surface area contributed by atoms with Gasteiger partial charge in [-0.3, -0.25) is 0 Å². The van der Waals surface area contributed by atoms with Crippen molar-refractivity contribution in [3.63, 3.8) is 0 Å². The van der Waals surface area contributed by atoms with E-state index in [1.165, 1.54) is 31.7 Å². The highest BCUT2D eigenvalue weighted by atomic mass is 19.1. The molecule has 22 heavy (non-hydrogen) atoms. The molecule has 2 N–H and O–H groups in total. The monoisotopic (exact) mass is 299 g/mol. The van der Waals surface area contributed by atoms with Crippen molar-refractivity contribution in [1.82, 2.24) is 10.9 Å². The first-order chi connectivity index (χ1) is 10.7. The molecule has 1 aliphatic heterocycles. The molecule has 0 amide bonds. The topological polar surface area (TPSA) is 49.6 Å². The van der Waals surface area contributed by atoms with Gasteiger partial charge < -0.3 is 9.84 Å². The highest BCUT2D eigenvalue weighted by molar-refractivity contribution is 6.02. The Balaban J connectivity index is 1.53. The lowest BCUT2D eigenvalue weighted by Gasteiger charge is -2.47. The van der Waals surface area contributed by atoms with Crippen molar-refractivity contribution < 1.29 is 8.81 Å². The van der Waals surface area contributed by atoms with E-state index < -0.39 is 6.01 Å². The Labute approximate surface area is 127 Å². The zero-order valence-electron chi connectivity index (χ0n) is 12.2.